The molecule has 2 heterocycles. The normalized spacial score (nSPS) is 19.9. The minimum absolute atomic E-state index is 0.0133. The number of methoxy groups -OCH3 is 1. The maximum absolute atomic E-state index is 12.9. The first-order valence-electron chi connectivity index (χ1n) is 7.49. The van der Waals surface area contributed by atoms with Crippen molar-refractivity contribution in [2.75, 3.05) is 20.2 Å². The SMILES string of the molecule is COC(=O)[C@@H]1CN(C(=O)c2c(O)cc(Cl)cc2Cl)C[C@H]1c1ccsc1. The number of phenols is 1. The Balaban J connectivity index is 1.91. The smallest absolute Gasteiger partial charge is 0.311 e. The summed E-state index contributed by atoms with van der Waals surface area (Å²) < 4.78 is 4.89. The number of aromatic hydroxyl groups is 1. The van der Waals surface area contributed by atoms with Gasteiger partial charge in [-0.15, -0.1) is 0 Å². The molecule has 8 heteroatoms. The predicted molar refractivity (Wildman–Crippen MR) is 96.6 cm³/mol. The maximum Gasteiger partial charge on any atom is 0.311 e. The monoisotopic (exact) mass is 399 g/mol. The van der Waals surface area contributed by atoms with Crippen molar-refractivity contribution in [1.29, 1.82) is 0 Å². The lowest BCUT2D eigenvalue weighted by molar-refractivity contribution is -0.145. The zero-order chi connectivity index (χ0) is 18.1. The predicted octanol–water partition coefficient (Wildman–Crippen LogP) is 3.79. The van der Waals surface area contributed by atoms with Crippen LogP contribution in [0, 0.1) is 5.92 Å². The highest BCUT2D eigenvalue weighted by molar-refractivity contribution is 7.08. The molecule has 2 aromatic rings. The molecular formula is C17H15Cl2NO4S. The van der Waals surface area contributed by atoms with Gasteiger partial charge in [0.1, 0.15) is 5.75 Å². The van der Waals surface area contributed by atoms with Crippen molar-refractivity contribution < 1.29 is 19.4 Å². The molecule has 1 amide bonds. The van der Waals surface area contributed by atoms with Gasteiger partial charge in [0.2, 0.25) is 0 Å². The maximum atomic E-state index is 12.9. The lowest BCUT2D eigenvalue weighted by Gasteiger charge is -2.18. The Morgan fingerprint density at radius 2 is 2.08 bits per heavy atom. The number of phenolic OH excluding ortho intramolecular Hbond substituents is 1. The van der Waals surface area contributed by atoms with E-state index < -0.39 is 11.8 Å². The lowest BCUT2D eigenvalue weighted by Crippen LogP contribution is -2.30. The standard InChI is InChI=1S/C17H15Cl2NO4S/c1-24-17(23)12-7-20(6-11(12)9-2-3-25-8-9)16(22)15-13(19)4-10(18)5-14(15)21/h2-5,8,11-12,21H,6-7H2,1H3/t11-,12+/m0/s1. The third-order valence-corrected chi connectivity index (χ3v) is 5.55. The third kappa shape index (κ3) is 3.47. The van der Waals surface area contributed by atoms with Gasteiger partial charge in [-0.25, -0.2) is 0 Å². The molecule has 1 aliphatic heterocycles. The van der Waals surface area contributed by atoms with Crippen molar-refractivity contribution in [2.45, 2.75) is 5.92 Å². The summed E-state index contributed by atoms with van der Waals surface area (Å²) in [5.74, 6) is -1.70. The van der Waals surface area contributed by atoms with Crippen LogP contribution < -0.4 is 0 Å². The second-order valence-corrected chi connectivity index (χ2v) is 7.41. The molecule has 0 bridgehead atoms. The molecule has 1 aromatic heterocycles. The van der Waals surface area contributed by atoms with Crippen LogP contribution in [0.15, 0.2) is 29.0 Å². The van der Waals surface area contributed by atoms with Gasteiger partial charge in [0, 0.05) is 24.0 Å². The number of ether oxygens (including phenoxy) is 1. The van der Waals surface area contributed by atoms with Crippen molar-refractivity contribution in [3.63, 3.8) is 0 Å². The van der Waals surface area contributed by atoms with Crippen molar-refractivity contribution in [3.05, 3.63) is 50.1 Å². The molecule has 1 aliphatic rings. The van der Waals surface area contributed by atoms with E-state index in [1.165, 1.54) is 35.5 Å². The molecule has 25 heavy (non-hydrogen) atoms. The number of hydrogen-bond donors (Lipinski definition) is 1. The van der Waals surface area contributed by atoms with E-state index in [9.17, 15) is 14.7 Å². The Morgan fingerprint density at radius 1 is 1.32 bits per heavy atom. The van der Waals surface area contributed by atoms with Crippen molar-refractivity contribution in [1.82, 2.24) is 4.90 Å². The Hall–Kier alpha value is -1.76. The Labute approximate surface area is 158 Å². The van der Waals surface area contributed by atoms with Crippen LogP contribution in [0.25, 0.3) is 0 Å². The summed E-state index contributed by atoms with van der Waals surface area (Å²) >= 11 is 13.4. The van der Waals surface area contributed by atoms with E-state index in [1.54, 1.807) is 0 Å². The number of halogens is 2. The molecule has 0 saturated carbocycles. The number of hydrogen-bond acceptors (Lipinski definition) is 5. The van der Waals surface area contributed by atoms with E-state index in [-0.39, 0.29) is 39.8 Å². The number of esters is 1. The molecule has 1 aromatic carbocycles. The molecule has 1 fully saturated rings. The first-order chi connectivity index (χ1) is 11.9. The third-order valence-electron chi connectivity index (χ3n) is 4.33. The fourth-order valence-corrected chi connectivity index (χ4v) is 4.40. The topological polar surface area (TPSA) is 66.8 Å². The molecule has 0 unspecified atom stereocenters. The van der Waals surface area contributed by atoms with Gasteiger partial charge in [-0.2, -0.15) is 11.3 Å². The van der Waals surface area contributed by atoms with E-state index in [2.05, 4.69) is 0 Å². The van der Waals surface area contributed by atoms with Gasteiger partial charge in [0.25, 0.3) is 5.91 Å². The Kier molecular flexibility index (Phi) is 5.22. The number of thiophene rings is 1. The van der Waals surface area contributed by atoms with Crippen LogP contribution in [0.5, 0.6) is 5.75 Å². The summed E-state index contributed by atoms with van der Waals surface area (Å²) in [5.41, 5.74) is 0.975. The van der Waals surface area contributed by atoms with Gasteiger partial charge in [0.15, 0.2) is 0 Å². The highest BCUT2D eigenvalue weighted by Crippen LogP contribution is 2.37. The zero-order valence-corrected chi connectivity index (χ0v) is 15.6. The first kappa shape index (κ1) is 18.0. The number of carbonyl (C=O) groups is 2. The quantitative estimate of drug-likeness (QED) is 0.797. The Bertz CT molecular complexity index is 786. The van der Waals surface area contributed by atoms with Crippen molar-refractivity contribution in [3.8, 4) is 5.75 Å². The Morgan fingerprint density at radius 3 is 2.68 bits per heavy atom. The van der Waals surface area contributed by atoms with Crippen LogP contribution in [0.3, 0.4) is 0 Å². The summed E-state index contributed by atoms with van der Waals surface area (Å²) in [4.78, 5) is 26.5. The zero-order valence-electron chi connectivity index (χ0n) is 13.2. The molecule has 0 radical (unpaired) electrons. The van der Waals surface area contributed by atoms with Crippen LogP contribution in [-0.2, 0) is 9.53 Å². The minimum atomic E-state index is -0.461. The fourth-order valence-electron chi connectivity index (χ4n) is 3.11. The van der Waals surface area contributed by atoms with E-state index >= 15 is 0 Å². The summed E-state index contributed by atoms with van der Waals surface area (Å²) in [6.45, 7) is 0.540. The summed E-state index contributed by atoms with van der Waals surface area (Å²) in [5, 5.41) is 14.3. The average Bonchev–Trinajstić information content (AvgIpc) is 3.22. The number of rotatable bonds is 3. The summed E-state index contributed by atoms with van der Waals surface area (Å²) in [7, 11) is 1.33. The van der Waals surface area contributed by atoms with Gasteiger partial charge >= 0.3 is 5.97 Å². The second-order valence-electron chi connectivity index (χ2n) is 5.78. The molecule has 0 spiro atoms. The van der Waals surface area contributed by atoms with Gasteiger partial charge in [-0.05, 0) is 34.5 Å². The molecule has 3 rings (SSSR count). The highest BCUT2D eigenvalue weighted by atomic mass is 35.5. The molecule has 1 saturated heterocycles. The number of benzene rings is 1. The minimum Gasteiger partial charge on any atom is -0.507 e. The molecular weight excluding hydrogens is 385 g/mol. The molecule has 1 N–H and O–H groups in total. The van der Waals surface area contributed by atoms with Crippen molar-refractivity contribution >= 4 is 46.4 Å². The molecule has 132 valence electrons. The average molecular weight is 400 g/mol. The van der Waals surface area contributed by atoms with Gasteiger partial charge in [-0.3, -0.25) is 9.59 Å². The van der Waals surface area contributed by atoms with Crippen LogP contribution >= 0.6 is 34.5 Å². The van der Waals surface area contributed by atoms with Gasteiger partial charge < -0.3 is 14.7 Å². The fraction of sp³-hybridized carbons (Fsp3) is 0.294. The van der Waals surface area contributed by atoms with Gasteiger partial charge in [0.05, 0.1) is 23.6 Å². The van der Waals surface area contributed by atoms with E-state index in [0.717, 1.165) is 5.56 Å². The highest BCUT2D eigenvalue weighted by Gasteiger charge is 2.42. The second kappa shape index (κ2) is 7.23. The lowest BCUT2D eigenvalue weighted by atomic mass is 9.91. The number of carbonyl (C=O) groups excluding carboxylic acids is 2. The van der Waals surface area contributed by atoms with E-state index in [0.29, 0.717) is 6.54 Å². The molecule has 5 nitrogen and oxygen atoms in total. The number of nitrogens with zero attached hydrogens (tertiary/aromatic N) is 1. The molecule has 0 aliphatic carbocycles. The van der Waals surface area contributed by atoms with Crippen LogP contribution in [-0.4, -0.2) is 42.1 Å². The number of amides is 1. The van der Waals surface area contributed by atoms with Crippen LogP contribution in [0.4, 0.5) is 0 Å². The number of likely N-dealkylation sites (tertiary alicyclic amines) is 1. The summed E-state index contributed by atoms with van der Waals surface area (Å²) in [6.07, 6.45) is 0. The largest absolute Gasteiger partial charge is 0.507 e. The van der Waals surface area contributed by atoms with Gasteiger partial charge in [-0.1, -0.05) is 23.2 Å². The van der Waals surface area contributed by atoms with Crippen LogP contribution in [0.1, 0.15) is 21.8 Å². The molecule has 2 atom stereocenters. The van der Waals surface area contributed by atoms with Crippen LogP contribution in [0.2, 0.25) is 10.0 Å². The van der Waals surface area contributed by atoms with E-state index in [1.807, 2.05) is 16.8 Å². The van der Waals surface area contributed by atoms with Crippen molar-refractivity contribution in [2.24, 2.45) is 5.92 Å². The first-order valence-corrected chi connectivity index (χ1v) is 9.19. The summed E-state index contributed by atoms with van der Waals surface area (Å²) in [6, 6.07) is 4.61. The van der Waals surface area contributed by atoms with E-state index in [4.69, 9.17) is 27.9 Å².